The average Bonchev–Trinajstić information content (AvgIpc) is 2.06. The molecule has 12 heavy (non-hydrogen) atoms. The molecule has 0 amide bonds. The summed E-state index contributed by atoms with van der Waals surface area (Å²) in [7, 11) is 0. The highest BCUT2D eigenvalue weighted by atomic mass is 16.4. The lowest BCUT2D eigenvalue weighted by atomic mass is 10.3. The van der Waals surface area contributed by atoms with Crippen molar-refractivity contribution < 1.29 is 9.77 Å². The number of oxime groups is 1. The fourth-order valence-electron chi connectivity index (χ4n) is 0.948. The van der Waals surface area contributed by atoms with Crippen LogP contribution in [0.1, 0.15) is 5.56 Å². The maximum absolute atomic E-state index is 8.28. The van der Waals surface area contributed by atoms with Crippen LogP contribution in [-0.2, 0) is 6.54 Å². The van der Waals surface area contributed by atoms with Gasteiger partial charge in [0.15, 0.2) is 18.9 Å². The molecule has 0 fully saturated rings. The molecule has 0 aliphatic rings. The van der Waals surface area contributed by atoms with Crippen molar-refractivity contribution in [2.24, 2.45) is 5.16 Å². The minimum absolute atomic E-state index is 0.757. The number of rotatable bonds is 3. The lowest BCUT2D eigenvalue weighted by molar-refractivity contribution is -0.687. The summed E-state index contributed by atoms with van der Waals surface area (Å²) >= 11 is 0. The number of aromatic nitrogens is 1. The van der Waals surface area contributed by atoms with Crippen LogP contribution in [0.2, 0.25) is 0 Å². The molecule has 1 aromatic heterocycles. The Kier molecular flexibility index (Phi) is 3.02. The third kappa shape index (κ3) is 2.20. The normalized spacial score (nSPS) is 10.3. The van der Waals surface area contributed by atoms with Crippen molar-refractivity contribution in [2.75, 3.05) is 0 Å². The van der Waals surface area contributed by atoms with Crippen molar-refractivity contribution in [1.82, 2.24) is 0 Å². The van der Waals surface area contributed by atoms with Gasteiger partial charge in [-0.05, 0) is 12.1 Å². The molecule has 1 heterocycles. The van der Waals surface area contributed by atoms with Crippen molar-refractivity contribution in [2.45, 2.75) is 6.54 Å². The largest absolute Gasteiger partial charge is 0.411 e. The van der Waals surface area contributed by atoms with Crippen LogP contribution in [0, 0.1) is 0 Å². The van der Waals surface area contributed by atoms with Gasteiger partial charge in [0, 0.05) is 6.07 Å². The van der Waals surface area contributed by atoms with Gasteiger partial charge in [-0.3, -0.25) is 0 Å². The van der Waals surface area contributed by atoms with Crippen LogP contribution < -0.4 is 4.57 Å². The van der Waals surface area contributed by atoms with Crippen LogP contribution in [0.5, 0.6) is 0 Å². The molecule has 3 nitrogen and oxygen atoms in total. The molecule has 0 aromatic carbocycles. The fraction of sp³-hybridized carbons (Fsp3) is 0.111. The molecule has 1 rings (SSSR count). The molecule has 0 bridgehead atoms. The second-order valence-corrected chi connectivity index (χ2v) is 2.37. The number of hydrogen-bond acceptors (Lipinski definition) is 2. The van der Waals surface area contributed by atoms with Gasteiger partial charge in [-0.15, -0.1) is 0 Å². The summed E-state index contributed by atoms with van der Waals surface area (Å²) in [6.07, 6.45) is 7.00. The summed E-state index contributed by atoms with van der Waals surface area (Å²) in [6, 6.07) is 3.75. The second-order valence-electron chi connectivity index (χ2n) is 2.37. The van der Waals surface area contributed by atoms with Gasteiger partial charge >= 0.3 is 0 Å². The first-order chi connectivity index (χ1) is 5.86. The highest BCUT2D eigenvalue weighted by Gasteiger charge is 1.97. The molecule has 0 spiro atoms. The van der Waals surface area contributed by atoms with E-state index in [0.717, 1.165) is 12.1 Å². The predicted molar refractivity (Wildman–Crippen MR) is 46.2 cm³/mol. The summed E-state index contributed by atoms with van der Waals surface area (Å²) in [5, 5.41) is 11.2. The SMILES string of the molecule is C=CC[n+]1cccc(/C=N/O)c1. The lowest BCUT2D eigenvalue weighted by Gasteiger charge is -1.91. The van der Waals surface area contributed by atoms with E-state index in [1.807, 2.05) is 29.1 Å². The van der Waals surface area contributed by atoms with E-state index in [-0.39, 0.29) is 0 Å². The van der Waals surface area contributed by atoms with E-state index in [0.29, 0.717) is 0 Å². The Balaban J connectivity index is 2.87. The van der Waals surface area contributed by atoms with E-state index in [9.17, 15) is 0 Å². The van der Waals surface area contributed by atoms with Gasteiger partial charge in [0.2, 0.25) is 0 Å². The maximum Gasteiger partial charge on any atom is 0.178 e. The van der Waals surface area contributed by atoms with Crippen molar-refractivity contribution in [3.63, 3.8) is 0 Å². The van der Waals surface area contributed by atoms with Crippen molar-refractivity contribution in [3.05, 3.63) is 42.7 Å². The van der Waals surface area contributed by atoms with Crippen molar-refractivity contribution in [1.29, 1.82) is 0 Å². The Morgan fingerprint density at radius 1 is 1.67 bits per heavy atom. The number of nitrogens with zero attached hydrogens (tertiary/aromatic N) is 2. The zero-order valence-corrected chi connectivity index (χ0v) is 6.72. The summed E-state index contributed by atoms with van der Waals surface area (Å²) < 4.78 is 1.95. The Labute approximate surface area is 71.3 Å². The molecule has 0 saturated heterocycles. The van der Waals surface area contributed by atoms with Gasteiger partial charge < -0.3 is 5.21 Å². The van der Waals surface area contributed by atoms with Crippen molar-refractivity contribution >= 4 is 6.21 Å². The summed E-state index contributed by atoms with van der Waals surface area (Å²) in [5.74, 6) is 0. The van der Waals surface area contributed by atoms with Gasteiger partial charge in [0.1, 0.15) is 0 Å². The van der Waals surface area contributed by atoms with Crippen LogP contribution >= 0.6 is 0 Å². The number of allylic oxidation sites excluding steroid dienone is 1. The molecule has 0 aliphatic carbocycles. The molecule has 1 aromatic rings. The third-order valence-corrected chi connectivity index (χ3v) is 1.43. The van der Waals surface area contributed by atoms with E-state index in [4.69, 9.17) is 5.21 Å². The molecule has 1 N–H and O–H groups in total. The topological polar surface area (TPSA) is 36.5 Å². The summed E-state index contributed by atoms with van der Waals surface area (Å²) in [5.41, 5.74) is 0.863. The first kappa shape index (κ1) is 8.46. The minimum atomic E-state index is 0.757. The third-order valence-electron chi connectivity index (χ3n) is 1.43. The standard InChI is InChI=1S/C9H10N2O/c1-2-5-11-6-3-4-9(8-11)7-10-12/h2-4,6-8H,1,5H2/p+1/b10-7+. The molecule has 0 aliphatic heterocycles. The van der Waals surface area contributed by atoms with Crippen LogP contribution in [0.25, 0.3) is 0 Å². The Hall–Kier alpha value is -1.64. The first-order valence-electron chi connectivity index (χ1n) is 3.64. The molecular formula is C9H11N2O+. The van der Waals surface area contributed by atoms with Gasteiger partial charge in [-0.2, -0.15) is 0 Å². The zero-order chi connectivity index (χ0) is 8.81. The highest BCUT2D eigenvalue weighted by molar-refractivity contribution is 5.77. The monoisotopic (exact) mass is 163 g/mol. The smallest absolute Gasteiger partial charge is 0.178 e. The lowest BCUT2D eigenvalue weighted by Crippen LogP contribution is -2.31. The van der Waals surface area contributed by atoms with E-state index in [2.05, 4.69) is 11.7 Å². The maximum atomic E-state index is 8.28. The highest BCUT2D eigenvalue weighted by Crippen LogP contribution is 1.88. The van der Waals surface area contributed by atoms with Gasteiger partial charge in [-0.25, -0.2) is 4.57 Å². The second kappa shape index (κ2) is 4.28. The number of pyridine rings is 1. The Morgan fingerprint density at radius 2 is 2.50 bits per heavy atom. The molecule has 62 valence electrons. The average molecular weight is 163 g/mol. The van der Waals surface area contributed by atoms with Crippen LogP contribution in [0.4, 0.5) is 0 Å². The van der Waals surface area contributed by atoms with E-state index >= 15 is 0 Å². The number of hydrogen-bond donors (Lipinski definition) is 1. The van der Waals surface area contributed by atoms with Crippen LogP contribution in [0.15, 0.2) is 42.3 Å². The van der Waals surface area contributed by atoms with Gasteiger partial charge in [0.25, 0.3) is 0 Å². The summed E-state index contributed by atoms with van der Waals surface area (Å²) in [6.45, 7) is 4.38. The fourth-order valence-corrected chi connectivity index (χ4v) is 0.948. The van der Waals surface area contributed by atoms with Gasteiger partial charge in [0.05, 0.1) is 11.8 Å². The molecule has 3 heteroatoms. The van der Waals surface area contributed by atoms with Crippen LogP contribution in [0.3, 0.4) is 0 Å². The van der Waals surface area contributed by atoms with E-state index < -0.39 is 0 Å². The Morgan fingerprint density at radius 3 is 3.17 bits per heavy atom. The zero-order valence-electron chi connectivity index (χ0n) is 6.72. The molecule has 0 radical (unpaired) electrons. The molecular weight excluding hydrogens is 152 g/mol. The predicted octanol–water partition coefficient (Wildman–Crippen LogP) is 0.968. The molecule has 0 atom stereocenters. The quantitative estimate of drug-likeness (QED) is 0.233. The minimum Gasteiger partial charge on any atom is -0.411 e. The summed E-state index contributed by atoms with van der Waals surface area (Å²) in [4.78, 5) is 0. The molecule has 0 saturated carbocycles. The van der Waals surface area contributed by atoms with Crippen LogP contribution in [-0.4, -0.2) is 11.4 Å². The Bertz CT molecular complexity index is 294. The van der Waals surface area contributed by atoms with Crippen molar-refractivity contribution in [3.8, 4) is 0 Å². The van der Waals surface area contributed by atoms with E-state index in [1.165, 1.54) is 6.21 Å². The first-order valence-corrected chi connectivity index (χ1v) is 3.64. The van der Waals surface area contributed by atoms with Gasteiger partial charge in [-0.1, -0.05) is 11.7 Å². The van der Waals surface area contributed by atoms with E-state index in [1.54, 1.807) is 6.08 Å². The molecule has 0 unspecified atom stereocenters.